The molecule has 0 bridgehead atoms. The van der Waals surface area contributed by atoms with Crippen LogP contribution in [-0.2, 0) is 6.54 Å². The van der Waals surface area contributed by atoms with Gasteiger partial charge in [0.25, 0.3) is 5.91 Å². The van der Waals surface area contributed by atoms with Crippen molar-refractivity contribution in [1.29, 1.82) is 0 Å². The van der Waals surface area contributed by atoms with Gasteiger partial charge in [0.2, 0.25) is 0 Å². The van der Waals surface area contributed by atoms with Gasteiger partial charge in [0.05, 0.1) is 33.6 Å². The molecule has 7 nitrogen and oxygen atoms in total. The van der Waals surface area contributed by atoms with Crippen LogP contribution < -0.4 is 14.2 Å². The van der Waals surface area contributed by atoms with E-state index in [2.05, 4.69) is 10.3 Å². The van der Waals surface area contributed by atoms with Gasteiger partial charge in [0.1, 0.15) is 22.3 Å². The lowest BCUT2D eigenvalue weighted by atomic mass is 10.1. The van der Waals surface area contributed by atoms with E-state index in [1.165, 1.54) is 0 Å². The van der Waals surface area contributed by atoms with Gasteiger partial charge >= 0.3 is 0 Å². The molecule has 3 aromatic rings. The Morgan fingerprint density at radius 2 is 1.53 bits per heavy atom. The lowest BCUT2D eigenvalue weighted by molar-refractivity contribution is 0.0627. The third-order valence-electron chi connectivity index (χ3n) is 5.55. The molecule has 0 aliphatic carbocycles. The van der Waals surface area contributed by atoms with Crippen LogP contribution in [0.25, 0.3) is 11.3 Å². The highest BCUT2D eigenvalue weighted by Gasteiger charge is 2.23. The molecule has 1 aromatic heterocycles. The summed E-state index contributed by atoms with van der Waals surface area (Å²) < 4.78 is 15.8. The van der Waals surface area contributed by atoms with E-state index in [0.29, 0.717) is 30.2 Å². The molecule has 4 rings (SSSR count). The number of ether oxygens (including phenoxy) is 3. The highest BCUT2D eigenvalue weighted by molar-refractivity contribution is 7.09. The van der Waals surface area contributed by atoms with Crippen LogP contribution in [0.1, 0.15) is 15.4 Å². The number of piperazine rings is 1. The standard InChI is InChI=1S/C24H27N3O4S/c1-29-19-6-4-17(5-7-19)22-16-32-23(25-22)15-26-8-10-27(11-9-26)24(28)18-12-20(30-2)14-21(13-18)31-3/h4-7,12-14,16H,8-11,15H2,1-3H3. The number of hydrogen-bond acceptors (Lipinski definition) is 7. The maximum absolute atomic E-state index is 13.0. The molecule has 2 heterocycles. The minimum Gasteiger partial charge on any atom is -0.497 e. The van der Waals surface area contributed by atoms with E-state index in [-0.39, 0.29) is 5.91 Å². The van der Waals surface area contributed by atoms with Gasteiger partial charge in [-0.2, -0.15) is 0 Å². The number of hydrogen-bond donors (Lipinski definition) is 0. The number of benzene rings is 2. The topological polar surface area (TPSA) is 64.1 Å². The van der Waals surface area contributed by atoms with Crippen molar-refractivity contribution in [3.05, 3.63) is 58.4 Å². The number of thiazole rings is 1. The third kappa shape index (κ3) is 5.03. The molecule has 32 heavy (non-hydrogen) atoms. The smallest absolute Gasteiger partial charge is 0.254 e. The van der Waals surface area contributed by atoms with Crippen molar-refractivity contribution in [1.82, 2.24) is 14.8 Å². The van der Waals surface area contributed by atoms with E-state index in [1.54, 1.807) is 50.9 Å². The molecule has 0 unspecified atom stereocenters. The van der Waals surface area contributed by atoms with Crippen molar-refractivity contribution < 1.29 is 19.0 Å². The minimum absolute atomic E-state index is 0.00195. The first kappa shape index (κ1) is 22.1. The molecule has 0 atom stereocenters. The van der Waals surface area contributed by atoms with Crippen LogP contribution >= 0.6 is 11.3 Å². The number of carbonyl (C=O) groups excluding carboxylic acids is 1. The molecule has 1 saturated heterocycles. The summed E-state index contributed by atoms with van der Waals surface area (Å²) in [4.78, 5) is 22.0. The van der Waals surface area contributed by atoms with Gasteiger partial charge in [-0.15, -0.1) is 11.3 Å². The number of nitrogens with zero attached hydrogens (tertiary/aromatic N) is 3. The van der Waals surface area contributed by atoms with Crippen molar-refractivity contribution in [3.63, 3.8) is 0 Å². The Morgan fingerprint density at radius 3 is 2.12 bits per heavy atom. The summed E-state index contributed by atoms with van der Waals surface area (Å²) in [5.41, 5.74) is 2.64. The maximum atomic E-state index is 13.0. The summed E-state index contributed by atoms with van der Waals surface area (Å²) in [5.74, 6) is 2.06. The van der Waals surface area contributed by atoms with Crippen LogP contribution in [0, 0.1) is 0 Å². The predicted molar refractivity (Wildman–Crippen MR) is 125 cm³/mol. The number of rotatable bonds is 7. The molecule has 1 amide bonds. The van der Waals surface area contributed by atoms with Gasteiger partial charge in [0.15, 0.2) is 0 Å². The fourth-order valence-electron chi connectivity index (χ4n) is 3.69. The second kappa shape index (κ2) is 10.0. The summed E-state index contributed by atoms with van der Waals surface area (Å²) in [6.07, 6.45) is 0. The monoisotopic (exact) mass is 453 g/mol. The molecule has 1 aliphatic rings. The van der Waals surface area contributed by atoms with Crippen LogP contribution in [0.4, 0.5) is 0 Å². The van der Waals surface area contributed by atoms with Crippen molar-refractivity contribution in [2.45, 2.75) is 6.54 Å². The third-order valence-corrected chi connectivity index (χ3v) is 6.39. The number of amides is 1. The molecule has 1 fully saturated rings. The van der Waals surface area contributed by atoms with Crippen LogP contribution in [-0.4, -0.2) is 68.2 Å². The zero-order valence-electron chi connectivity index (χ0n) is 18.5. The quantitative estimate of drug-likeness (QED) is 0.542. The zero-order valence-corrected chi connectivity index (χ0v) is 19.4. The van der Waals surface area contributed by atoms with Crippen molar-refractivity contribution in [2.75, 3.05) is 47.5 Å². The Morgan fingerprint density at radius 1 is 0.906 bits per heavy atom. The molecule has 168 valence electrons. The van der Waals surface area contributed by atoms with Crippen LogP contribution in [0.5, 0.6) is 17.2 Å². The number of methoxy groups -OCH3 is 3. The largest absolute Gasteiger partial charge is 0.497 e. The van der Waals surface area contributed by atoms with E-state index < -0.39 is 0 Å². The summed E-state index contributed by atoms with van der Waals surface area (Å²) in [6, 6.07) is 13.2. The number of aromatic nitrogens is 1. The fourth-order valence-corrected chi connectivity index (χ4v) is 4.54. The van der Waals surface area contributed by atoms with Gasteiger partial charge in [-0.3, -0.25) is 9.69 Å². The van der Waals surface area contributed by atoms with Crippen LogP contribution in [0.2, 0.25) is 0 Å². The van der Waals surface area contributed by atoms with E-state index in [1.807, 2.05) is 29.2 Å². The van der Waals surface area contributed by atoms with Gasteiger partial charge in [0, 0.05) is 48.8 Å². The van der Waals surface area contributed by atoms with Crippen LogP contribution in [0.15, 0.2) is 47.8 Å². The van der Waals surface area contributed by atoms with E-state index in [4.69, 9.17) is 19.2 Å². The predicted octanol–water partition coefficient (Wildman–Crippen LogP) is 3.79. The summed E-state index contributed by atoms with van der Waals surface area (Å²) in [7, 11) is 4.83. The molecular formula is C24H27N3O4S. The highest BCUT2D eigenvalue weighted by atomic mass is 32.1. The molecule has 0 radical (unpaired) electrons. The van der Waals surface area contributed by atoms with Gasteiger partial charge in [-0.25, -0.2) is 4.98 Å². The van der Waals surface area contributed by atoms with Crippen molar-refractivity contribution in [3.8, 4) is 28.5 Å². The average molecular weight is 454 g/mol. The Kier molecular flexibility index (Phi) is 6.92. The summed E-state index contributed by atoms with van der Waals surface area (Å²) in [5, 5.41) is 3.17. The van der Waals surface area contributed by atoms with Crippen molar-refractivity contribution in [2.24, 2.45) is 0 Å². The fraction of sp³-hybridized carbons (Fsp3) is 0.333. The SMILES string of the molecule is COc1ccc(-c2csc(CN3CCN(C(=O)c4cc(OC)cc(OC)c4)CC3)n2)cc1. The number of carbonyl (C=O) groups is 1. The Hall–Kier alpha value is -3.10. The van der Waals surface area contributed by atoms with Gasteiger partial charge in [-0.1, -0.05) is 0 Å². The first-order chi connectivity index (χ1) is 15.6. The molecule has 0 spiro atoms. The molecule has 1 aliphatic heterocycles. The summed E-state index contributed by atoms with van der Waals surface area (Å²) >= 11 is 1.67. The van der Waals surface area contributed by atoms with Crippen LogP contribution in [0.3, 0.4) is 0 Å². The Balaban J connectivity index is 1.34. The van der Waals surface area contributed by atoms with Crippen molar-refractivity contribution >= 4 is 17.2 Å². The first-order valence-corrected chi connectivity index (χ1v) is 11.3. The Bertz CT molecular complexity index is 1040. The maximum Gasteiger partial charge on any atom is 0.254 e. The molecular weight excluding hydrogens is 426 g/mol. The normalized spacial score (nSPS) is 14.3. The molecule has 0 N–H and O–H groups in total. The second-order valence-electron chi connectivity index (χ2n) is 7.52. The lowest BCUT2D eigenvalue weighted by Gasteiger charge is -2.34. The zero-order chi connectivity index (χ0) is 22.5. The molecule has 8 heteroatoms. The minimum atomic E-state index is -0.00195. The summed E-state index contributed by atoms with van der Waals surface area (Å²) in [6.45, 7) is 3.76. The van der Waals surface area contributed by atoms with E-state index >= 15 is 0 Å². The highest BCUT2D eigenvalue weighted by Crippen LogP contribution is 2.26. The molecule has 0 saturated carbocycles. The van der Waals surface area contributed by atoms with E-state index in [0.717, 1.165) is 41.6 Å². The van der Waals surface area contributed by atoms with Gasteiger partial charge in [-0.05, 0) is 36.4 Å². The molecule has 2 aromatic carbocycles. The second-order valence-corrected chi connectivity index (χ2v) is 8.47. The lowest BCUT2D eigenvalue weighted by Crippen LogP contribution is -2.48. The first-order valence-electron chi connectivity index (χ1n) is 10.4. The van der Waals surface area contributed by atoms with E-state index in [9.17, 15) is 4.79 Å². The Labute approximate surface area is 192 Å². The average Bonchev–Trinajstić information content (AvgIpc) is 3.32. The van der Waals surface area contributed by atoms with Gasteiger partial charge < -0.3 is 19.1 Å².